The number of aromatic nitrogens is 1. The van der Waals surface area contributed by atoms with Gasteiger partial charge in [-0.05, 0) is 48.5 Å². The van der Waals surface area contributed by atoms with Crippen molar-refractivity contribution in [2.75, 3.05) is 6.26 Å². The van der Waals surface area contributed by atoms with Crippen LogP contribution >= 0.6 is 11.8 Å². The van der Waals surface area contributed by atoms with E-state index in [0.717, 1.165) is 23.4 Å². The van der Waals surface area contributed by atoms with E-state index in [2.05, 4.69) is 37.9 Å². The van der Waals surface area contributed by atoms with Gasteiger partial charge < -0.3 is 0 Å². The van der Waals surface area contributed by atoms with Crippen LogP contribution in [0.5, 0.6) is 0 Å². The summed E-state index contributed by atoms with van der Waals surface area (Å²) in [6.45, 7) is 6.91. The second kappa shape index (κ2) is 4.93. The molecule has 0 saturated heterocycles. The highest BCUT2D eigenvalue weighted by atomic mass is 32.2. The minimum absolute atomic E-state index is 0.336. The predicted octanol–water partition coefficient (Wildman–Crippen LogP) is 3.83. The van der Waals surface area contributed by atoms with E-state index in [1.54, 1.807) is 11.8 Å². The van der Waals surface area contributed by atoms with Gasteiger partial charge in [0.05, 0.1) is 5.56 Å². The van der Waals surface area contributed by atoms with Crippen LogP contribution in [0.25, 0.3) is 0 Å². The third kappa shape index (κ3) is 2.54. The monoisotopic (exact) mass is 260 g/mol. The normalized spacial score (nSPS) is 19.2. The molecule has 0 N–H and O–H groups in total. The highest BCUT2D eigenvalue weighted by molar-refractivity contribution is 7.98. The Balaban J connectivity index is 2.36. The third-order valence-electron chi connectivity index (χ3n) is 3.89. The summed E-state index contributed by atoms with van der Waals surface area (Å²) in [5.74, 6) is 0.693. The zero-order valence-electron chi connectivity index (χ0n) is 11.6. The van der Waals surface area contributed by atoms with Crippen LogP contribution in [-0.4, -0.2) is 11.2 Å². The Morgan fingerprint density at radius 3 is 2.72 bits per heavy atom. The number of hydrogen-bond donors (Lipinski definition) is 0. The number of aryl methyl sites for hydroxylation is 1. The molecular weight excluding hydrogens is 240 g/mol. The zero-order valence-corrected chi connectivity index (χ0v) is 12.4. The summed E-state index contributed by atoms with van der Waals surface area (Å²) in [4.78, 5) is 4.66. The summed E-state index contributed by atoms with van der Waals surface area (Å²) < 4.78 is 0. The molecule has 3 heteroatoms. The van der Waals surface area contributed by atoms with Gasteiger partial charge in [0.15, 0.2) is 0 Å². The first-order valence-corrected chi connectivity index (χ1v) is 7.65. The van der Waals surface area contributed by atoms with Gasteiger partial charge in [-0.2, -0.15) is 5.26 Å². The Hall–Kier alpha value is -1.01. The Kier molecular flexibility index (Phi) is 3.68. The average molecular weight is 260 g/mol. The van der Waals surface area contributed by atoms with Crippen LogP contribution in [0.2, 0.25) is 0 Å². The van der Waals surface area contributed by atoms with E-state index in [1.807, 2.05) is 6.26 Å². The SMILES string of the molecule is CSc1nc2c(cc1C#N)C[C@H](C(C)(C)C)CC2. The van der Waals surface area contributed by atoms with Crippen LogP contribution in [-0.2, 0) is 12.8 Å². The van der Waals surface area contributed by atoms with Crippen molar-refractivity contribution in [2.45, 2.75) is 45.1 Å². The second-order valence-corrected chi connectivity index (χ2v) is 6.86. The second-order valence-electron chi connectivity index (χ2n) is 6.07. The Labute approximate surface area is 114 Å². The van der Waals surface area contributed by atoms with Crippen molar-refractivity contribution < 1.29 is 0 Å². The summed E-state index contributed by atoms with van der Waals surface area (Å²) in [5, 5.41) is 10.1. The van der Waals surface area contributed by atoms with E-state index < -0.39 is 0 Å². The molecule has 0 fully saturated rings. The molecule has 1 aliphatic rings. The quantitative estimate of drug-likeness (QED) is 0.720. The van der Waals surface area contributed by atoms with Crippen LogP contribution in [0, 0.1) is 22.7 Å². The highest BCUT2D eigenvalue weighted by Crippen LogP contribution is 2.37. The number of rotatable bonds is 1. The van der Waals surface area contributed by atoms with Gasteiger partial charge in [0.2, 0.25) is 0 Å². The van der Waals surface area contributed by atoms with Gasteiger partial charge in [-0.1, -0.05) is 20.8 Å². The first kappa shape index (κ1) is 13.4. The molecule has 0 unspecified atom stereocenters. The van der Waals surface area contributed by atoms with Gasteiger partial charge in [-0.15, -0.1) is 11.8 Å². The molecular formula is C15H20N2S. The lowest BCUT2D eigenvalue weighted by molar-refractivity contribution is 0.214. The maximum absolute atomic E-state index is 9.17. The lowest BCUT2D eigenvalue weighted by Gasteiger charge is -2.34. The third-order valence-corrected chi connectivity index (χ3v) is 4.59. The van der Waals surface area contributed by atoms with Crippen molar-refractivity contribution in [1.29, 1.82) is 5.26 Å². The van der Waals surface area contributed by atoms with Crippen molar-refractivity contribution in [3.8, 4) is 6.07 Å². The number of hydrogen-bond acceptors (Lipinski definition) is 3. The molecule has 0 amide bonds. The fraction of sp³-hybridized carbons (Fsp3) is 0.600. The summed E-state index contributed by atoms with van der Waals surface area (Å²) in [5.41, 5.74) is 3.56. The van der Waals surface area contributed by atoms with Gasteiger partial charge in [-0.3, -0.25) is 0 Å². The first-order chi connectivity index (χ1) is 8.45. The lowest BCUT2D eigenvalue weighted by Crippen LogP contribution is -2.27. The largest absolute Gasteiger partial charge is 0.245 e. The van der Waals surface area contributed by atoms with Crippen molar-refractivity contribution in [2.24, 2.45) is 11.3 Å². The maximum Gasteiger partial charge on any atom is 0.114 e. The van der Waals surface area contributed by atoms with Crippen molar-refractivity contribution >= 4 is 11.8 Å². The van der Waals surface area contributed by atoms with Gasteiger partial charge in [0.1, 0.15) is 11.1 Å². The molecule has 0 aromatic carbocycles. The molecule has 1 aliphatic carbocycles. The molecule has 1 aromatic heterocycles. The van der Waals surface area contributed by atoms with Gasteiger partial charge in [-0.25, -0.2) is 4.98 Å². The maximum atomic E-state index is 9.17. The van der Waals surface area contributed by atoms with Gasteiger partial charge >= 0.3 is 0 Å². The topological polar surface area (TPSA) is 36.7 Å². The Morgan fingerprint density at radius 2 is 2.17 bits per heavy atom. The molecule has 0 aliphatic heterocycles. The minimum Gasteiger partial charge on any atom is -0.245 e. The summed E-state index contributed by atoms with van der Waals surface area (Å²) in [6, 6.07) is 4.33. The summed E-state index contributed by atoms with van der Waals surface area (Å²) in [6.07, 6.45) is 5.31. The fourth-order valence-electron chi connectivity index (χ4n) is 2.62. The fourth-order valence-corrected chi connectivity index (χ4v) is 3.15. The lowest BCUT2D eigenvalue weighted by atomic mass is 9.71. The molecule has 0 spiro atoms. The summed E-state index contributed by atoms with van der Waals surface area (Å²) in [7, 11) is 0. The van der Waals surface area contributed by atoms with Crippen LogP contribution in [0.4, 0.5) is 0 Å². The highest BCUT2D eigenvalue weighted by Gasteiger charge is 2.29. The minimum atomic E-state index is 0.336. The number of nitriles is 1. The van der Waals surface area contributed by atoms with E-state index in [9.17, 15) is 5.26 Å². The Morgan fingerprint density at radius 1 is 1.44 bits per heavy atom. The Bertz CT molecular complexity index is 494. The van der Waals surface area contributed by atoms with Crippen LogP contribution in [0.1, 0.15) is 44.0 Å². The van der Waals surface area contributed by atoms with E-state index in [4.69, 9.17) is 0 Å². The van der Waals surface area contributed by atoms with Gasteiger partial charge in [0.25, 0.3) is 0 Å². The molecule has 96 valence electrons. The van der Waals surface area contributed by atoms with E-state index >= 15 is 0 Å². The van der Waals surface area contributed by atoms with Gasteiger partial charge in [0, 0.05) is 5.69 Å². The van der Waals surface area contributed by atoms with Crippen molar-refractivity contribution in [3.63, 3.8) is 0 Å². The molecule has 1 aromatic rings. The molecule has 0 saturated carbocycles. The van der Waals surface area contributed by atoms with Crippen molar-refractivity contribution in [1.82, 2.24) is 4.98 Å². The number of pyridine rings is 1. The average Bonchev–Trinajstić information content (AvgIpc) is 2.35. The van der Waals surface area contributed by atoms with E-state index in [1.165, 1.54) is 17.7 Å². The van der Waals surface area contributed by atoms with Crippen LogP contribution in [0.15, 0.2) is 11.1 Å². The number of nitrogens with zero attached hydrogens (tertiary/aromatic N) is 2. The predicted molar refractivity (Wildman–Crippen MR) is 75.7 cm³/mol. The number of thioether (sulfide) groups is 1. The molecule has 1 atom stereocenters. The molecule has 2 nitrogen and oxygen atoms in total. The molecule has 2 rings (SSSR count). The molecule has 0 bridgehead atoms. The molecule has 0 radical (unpaired) electrons. The van der Waals surface area contributed by atoms with Crippen LogP contribution in [0.3, 0.4) is 0 Å². The number of fused-ring (bicyclic) bond motifs is 1. The summed E-state index contributed by atoms with van der Waals surface area (Å²) >= 11 is 1.57. The zero-order chi connectivity index (χ0) is 13.3. The van der Waals surface area contributed by atoms with Crippen molar-refractivity contribution in [3.05, 3.63) is 22.9 Å². The van der Waals surface area contributed by atoms with E-state index in [-0.39, 0.29) is 0 Å². The molecule has 1 heterocycles. The van der Waals surface area contributed by atoms with Crippen LogP contribution < -0.4 is 0 Å². The molecule has 18 heavy (non-hydrogen) atoms. The smallest absolute Gasteiger partial charge is 0.114 e. The van der Waals surface area contributed by atoms with E-state index in [0.29, 0.717) is 11.3 Å². The standard InChI is InChI=1S/C15H20N2S/c1-15(2,3)12-5-6-13-10(8-12)7-11(9-16)14(17-13)18-4/h7,12H,5-6,8H2,1-4H3/t12-/m1/s1. The first-order valence-electron chi connectivity index (χ1n) is 6.42.